The Kier molecular flexibility index (Phi) is 5.57. The van der Waals surface area contributed by atoms with Crippen LogP contribution < -0.4 is 19.9 Å². The summed E-state index contributed by atoms with van der Waals surface area (Å²) < 4.78 is 22.7. The van der Waals surface area contributed by atoms with E-state index in [2.05, 4.69) is 0 Å². The molecule has 2 N–H and O–H groups in total. The fraction of sp³-hybridized carbons (Fsp3) is 0.138. The molecule has 0 aromatic heterocycles. The molecule has 0 fully saturated rings. The van der Waals surface area contributed by atoms with Crippen LogP contribution in [0.25, 0.3) is 16.8 Å². The topological polar surface area (TPSA) is 80.0 Å². The molecule has 0 atom stereocenters. The predicted molar refractivity (Wildman–Crippen MR) is 136 cm³/mol. The number of nitrogens with two attached hydrogens (primary N) is 1. The van der Waals surface area contributed by atoms with Crippen LogP contribution in [0.4, 0.5) is 5.69 Å². The van der Waals surface area contributed by atoms with Gasteiger partial charge in [-0.15, -0.1) is 0 Å². The maximum absolute atomic E-state index is 12.8. The van der Waals surface area contributed by atoms with E-state index in [-0.39, 0.29) is 5.56 Å². The van der Waals surface area contributed by atoms with E-state index in [1.807, 2.05) is 84.9 Å². The first-order chi connectivity index (χ1) is 17.0. The number of hydrogen-bond acceptors (Lipinski definition) is 6. The summed E-state index contributed by atoms with van der Waals surface area (Å²) in [6.45, 7) is 0. The third-order valence-electron chi connectivity index (χ3n) is 6.42. The van der Waals surface area contributed by atoms with Gasteiger partial charge in [0.15, 0.2) is 5.60 Å². The van der Waals surface area contributed by atoms with Gasteiger partial charge in [0.2, 0.25) is 0 Å². The van der Waals surface area contributed by atoms with Crippen molar-refractivity contribution in [3.05, 3.63) is 101 Å². The Morgan fingerprint density at radius 2 is 1.34 bits per heavy atom. The zero-order chi connectivity index (χ0) is 24.6. The summed E-state index contributed by atoms with van der Waals surface area (Å²) in [7, 11) is 4.61. The number of carbonyl (C=O) groups is 1. The van der Waals surface area contributed by atoms with E-state index >= 15 is 0 Å². The van der Waals surface area contributed by atoms with Crippen molar-refractivity contribution in [3.8, 4) is 17.2 Å². The summed E-state index contributed by atoms with van der Waals surface area (Å²) >= 11 is 0. The van der Waals surface area contributed by atoms with Gasteiger partial charge in [0, 0.05) is 27.5 Å². The molecule has 176 valence electrons. The molecule has 6 heteroatoms. The summed E-state index contributed by atoms with van der Waals surface area (Å²) in [5.41, 5.74) is 8.51. The third kappa shape index (κ3) is 3.54. The van der Waals surface area contributed by atoms with Crippen LogP contribution in [-0.4, -0.2) is 27.3 Å². The second-order valence-corrected chi connectivity index (χ2v) is 8.20. The molecule has 6 nitrogen and oxygen atoms in total. The number of anilines is 1. The molecule has 0 amide bonds. The van der Waals surface area contributed by atoms with Gasteiger partial charge < -0.3 is 24.7 Å². The first-order valence-corrected chi connectivity index (χ1v) is 11.1. The number of nitrogen functional groups attached to an aromatic ring is 1. The number of fused-ring (bicyclic) bond motifs is 3. The molecule has 0 saturated heterocycles. The molecule has 1 aliphatic rings. The van der Waals surface area contributed by atoms with Crippen LogP contribution in [0, 0.1) is 0 Å². The van der Waals surface area contributed by atoms with Crippen LogP contribution >= 0.6 is 0 Å². The highest BCUT2D eigenvalue weighted by molar-refractivity contribution is 6.12. The molecule has 35 heavy (non-hydrogen) atoms. The Balaban J connectivity index is 1.80. The zero-order valence-electron chi connectivity index (χ0n) is 19.7. The first-order valence-electron chi connectivity index (χ1n) is 11.1. The Morgan fingerprint density at radius 1 is 0.800 bits per heavy atom. The molecular formula is C29H25NO5. The standard InChI is InChI=1S/C29H25NO5/c1-32-20-12-8-18(9-13-20)29(19-10-14-21(33-2)15-11-19)17-16-24-25(28(31)34-3)26(30)22-6-4-5-7-23(22)27(24)35-29/h4-17H,30H2,1-3H3. The van der Waals surface area contributed by atoms with E-state index in [4.69, 9.17) is 24.7 Å². The number of hydrogen-bond donors (Lipinski definition) is 1. The van der Waals surface area contributed by atoms with Gasteiger partial charge in [0.1, 0.15) is 17.2 Å². The van der Waals surface area contributed by atoms with Crippen molar-refractivity contribution < 1.29 is 23.7 Å². The Morgan fingerprint density at radius 3 is 1.86 bits per heavy atom. The Hall–Kier alpha value is -4.45. The fourth-order valence-electron chi connectivity index (χ4n) is 4.60. The van der Waals surface area contributed by atoms with Gasteiger partial charge in [-0.3, -0.25) is 0 Å². The van der Waals surface area contributed by atoms with Gasteiger partial charge >= 0.3 is 5.97 Å². The summed E-state index contributed by atoms with van der Waals surface area (Å²) in [5, 5.41) is 1.53. The van der Waals surface area contributed by atoms with Crippen molar-refractivity contribution >= 4 is 28.5 Å². The Bertz CT molecular complexity index is 1390. The molecule has 0 aliphatic carbocycles. The lowest BCUT2D eigenvalue weighted by molar-refractivity contribution is 0.0600. The van der Waals surface area contributed by atoms with Crippen LogP contribution in [0.5, 0.6) is 17.2 Å². The molecule has 0 bridgehead atoms. The van der Waals surface area contributed by atoms with E-state index < -0.39 is 11.6 Å². The number of benzene rings is 4. The minimum Gasteiger partial charge on any atom is -0.497 e. The maximum atomic E-state index is 12.8. The van der Waals surface area contributed by atoms with E-state index in [1.54, 1.807) is 14.2 Å². The van der Waals surface area contributed by atoms with Crippen molar-refractivity contribution in [2.24, 2.45) is 0 Å². The SMILES string of the molecule is COC(=O)c1c2c(c3ccccc3c1N)OC(c1ccc(OC)cc1)(c1ccc(OC)cc1)C=C2. The van der Waals surface area contributed by atoms with E-state index in [1.165, 1.54) is 7.11 Å². The summed E-state index contributed by atoms with van der Waals surface area (Å²) in [5.74, 6) is 1.53. The van der Waals surface area contributed by atoms with Gasteiger partial charge in [-0.2, -0.15) is 0 Å². The van der Waals surface area contributed by atoms with E-state index in [0.29, 0.717) is 17.0 Å². The van der Waals surface area contributed by atoms with Gasteiger partial charge in [-0.05, 0) is 36.4 Å². The first kappa shape index (κ1) is 22.3. The summed E-state index contributed by atoms with van der Waals surface area (Å²) in [6, 6.07) is 23.1. The molecule has 5 rings (SSSR count). The lowest BCUT2D eigenvalue weighted by atomic mass is 9.82. The number of ether oxygens (including phenoxy) is 4. The average molecular weight is 468 g/mol. The van der Waals surface area contributed by atoms with Gasteiger partial charge in [0.25, 0.3) is 0 Å². The van der Waals surface area contributed by atoms with Crippen LogP contribution in [-0.2, 0) is 10.3 Å². The molecule has 1 aliphatic heterocycles. The number of rotatable bonds is 5. The van der Waals surface area contributed by atoms with Crippen LogP contribution in [0.2, 0.25) is 0 Å². The van der Waals surface area contributed by atoms with E-state index in [9.17, 15) is 4.79 Å². The number of esters is 1. The largest absolute Gasteiger partial charge is 0.497 e. The van der Waals surface area contributed by atoms with Gasteiger partial charge in [0.05, 0.1) is 32.6 Å². The normalized spacial score (nSPS) is 13.6. The maximum Gasteiger partial charge on any atom is 0.340 e. The number of methoxy groups -OCH3 is 3. The quantitative estimate of drug-likeness (QED) is 0.305. The lowest BCUT2D eigenvalue weighted by Gasteiger charge is -2.37. The van der Waals surface area contributed by atoms with Gasteiger partial charge in [-0.25, -0.2) is 4.79 Å². The van der Waals surface area contributed by atoms with Crippen molar-refractivity contribution in [1.29, 1.82) is 0 Å². The highest BCUT2D eigenvalue weighted by atomic mass is 16.5. The number of carbonyl (C=O) groups excluding carboxylic acids is 1. The highest BCUT2D eigenvalue weighted by Crippen LogP contribution is 2.48. The minimum absolute atomic E-state index is 0.288. The van der Waals surface area contributed by atoms with Crippen LogP contribution in [0.15, 0.2) is 78.9 Å². The van der Waals surface area contributed by atoms with Crippen molar-refractivity contribution in [1.82, 2.24) is 0 Å². The summed E-state index contributed by atoms with van der Waals surface area (Å²) in [4.78, 5) is 12.8. The Labute approximate surface area is 203 Å². The van der Waals surface area contributed by atoms with Crippen LogP contribution in [0.1, 0.15) is 27.0 Å². The second-order valence-electron chi connectivity index (χ2n) is 8.20. The molecule has 4 aromatic rings. The minimum atomic E-state index is -0.974. The molecule has 0 radical (unpaired) electrons. The predicted octanol–water partition coefficient (Wildman–Crippen LogP) is 5.58. The van der Waals surface area contributed by atoms with Crippen molar-refractivity contribution in [2.75, 3.05) is 27.1 Å². The molecule has 0 unspecified atom stereocenters. The average Bonchev–Trinajstić information content (AvgIpc) is 2.93. The summed E-state index contributed by atoms with van der Waals surface area (Å²) in [6.07, 6.45) is 3.84. The molecular weight excluding hydrogens is 442 g/mol. The van der Waals surface area contributed by atoms with Crippen LogP contribution in [0.3, 0.4) is 0 Å². The monoisotopic (exact) mass is 467 g/mol. The molecule has 0 saturated carbocycles. The lowest BCUT2D eigenvalue weighted by Crippen LogP contribution is -2.34. The van der Waals surface area contributed by atoms with E-state index in [0.717, 1.165) is 33.4 Å². The van der Waals surface area contributed by atoms with Crippen molar-refractivity contribution in [3.63, 3.8) is 0 Å². The zero-order valence-corrected chi connectivity index (χ0v) is 19.7. The smallest absolute Gasteiger partial charge is 0.340 e. The fourth-order valence-corrected chi connectivity index (χ4v) is 4.60. The van der Waals surface area contributed by atoms with Crippen molar-refractivity contribution in [2.45, 2.75) is 5.60 Å². The molecule has 0 spiro atoms. The third-order valence-corrected chi connectivity index (χ3v) is 6.42. The molecule has 4 aromatic carbocycles. The molecule has 1 heterocycles. The van der Waals surface area contributed by atoms with Gasteiger partial charge in [-0.1, -0.05) is 48.5 Å². The highest BCUT2D eigenvalue weighted by Gasteiger charge is 2.39. The second kappa shape index (κ2) is 8.72.